The van der Waals surface area contributed by atoms with Crippen LogP contribution in [0.25, 0.3) is 11.4 Å². The zero-order chi connectivity index (χ0) is 18.1. The lowest BCUT2D eigenvalue weighted by Crippen LogP contribution is -2.39. The molecule has 0 amide bonds. The van der Waals surface area contributed by atoms with Crippen molar-refractivity contribution in [3.05, 3.63) is 24.2 Å². The molecule has 0 aromatic carbocycles. The van der Waals surface area contributed by atoms with E-state index in [1.165, 1.54) is 19.3 Å². The van der Waals surface area contributed by atoms with E-state index in [4.69, 9.17) is 14.2 Å². The highest BCUT2D eigenvalue weighted by molar-refractivity contribution is 5.59. The zero-order valence-corrected chi connectivity index (χ0v) is 15.7. The Morgan fingerprint density at radius 3 is 2.70 bits per heavy atom. The van der Waals surface area contributed by atoms with Gasteiger partial charge in [0.2, 0.25) is 11.7 Å². The van der Waals surface area contributed by atoms with Gasteiger partial charge in [-0.3, -0.25) is 4.90 Å². The maximum Gasteiger partial charge on any atom is 0.244 e. The number of hydrogen-bond donors (Lipinski definition) is 0. The molecular weight excluding hydrogens is 342 g/mol. The topological polar surface area (TPSA) is 67.5 Å². The minimum atomic E-state index is 0.245. The van der Waals surface area contributed by atoms with E-state index in [-0.39, 0.29) is 6.04 Å². The average molecular weight is 369 g/mol. The maximum absolute atomic E-state index is 5.72. The molecule has 0 N–H and O–H groups in total. The van der Waals surface area contributed by atoms with Crippen LogP contribution in [0.15, 0.2) is 22.9 Å². The summed E-state index contributed by atoms with van der Waals surface area (Å²) in [5.74, 6) is 2.45. The smallest absolute Gasteiger partial charge is 0.244 e. The largest absolute Gasteiger partial charge is 0.381 e. The molecule has 0 saturated carbocycles. The van der Waals surface area contributed by atoms with Gasteiger partial charge in [-0.15, -0.1) is 0 Å². The number of anilines is 1. The first-order valence-corrected chi connectivity index (χ1v) is 10.3. The molecule has 27 heavy (non-hydrogen) atoms. The Morgan fingerprint density at radius 2 is 1.85 bits per heavy atom. The first-order valence-electron chi connectivity index (χ1n) is 10.3. The summed E-state index contributed by atoms with van der Waals surface area (Å²) in [4.78, 5) is 14.2. The van der Waals surface area contributed by atoms with Crippen LogP contribution in [0.4, 0.5) is 5.82 Å². The number of hydrogen-bond acceptors (Lipinski definition) is 7. The molecule has 1 atom stereocenters. The van der Waals surface area contributed by atoms with Crippen LogP contribution in [0, 0.1) is 0 Å². The van der Waals surface area contributed by atoms with Gasteiger partial charge in [-0.25, -0.2) is 4.98 Å². The van der Waals surface area contributed by atoms with E-state index in [1.54, 1.807) is 0 Å². The number of likely N-dealkylation sites (tertiary alicyclic amines) is 1. The van der Waals surface area contributed by atoms with Crippen LogP contribution in [0.2, 0.25) is 0 Å². The minimum Gasteiger partial charge on any atom is -0.381 e. The molecule has 3 fully saturated rings. The number of nitrogens with zero attached hydrogens (tertiary/aromatic N) is 5. The van der Waals surface area contributed by atoms with Crippen LogP contribution in [0.5, 0.6) is 0 Å². The molecule has 7 nitrogen and oxygen atoms in total. The van der Waals surface area contributed by atoms with Crippen LogP contribution in [0.3, 0.4) is 0 Å². The molecule has 2 aromatic rings. The van der Waals surface area contributed by atoms with E-state index >= 15 is 0 Å². The zero-order valence-electron chi connectivity index (χ0n) is 15.7. The quantitative estimate of drug-likeness (QED) is 0.820. The molecule has 3 aliphatic rings. The van der Waals surface area contributed by atoms with E-state index in [2.05, 4.69) is 26.0 Å². The second-order valence-electron chi connectivity index (χ2n) is 7.79. The third kappa shape index (κ3) is 3.46. The predicted octanol–water partition coefficient (Wildman–Crippen LogP) is 3.05. The Kier molecular flexibility index (Phi) is 4.80. The molecule has 3 aliphatic heterocycles. The summed E-state index contributed by atoms with van der Waals surface area (Å²) < 4.78 is 11.2. The fraction of sp³-hybridized carbons (Fsp3) is 0.650. The van der Waals surface area contributed by atoms with Crippen LogP contribution in [0.1, 0.15) is 50.5 Å². The highest BCUT2D eigenvalue weighted by Gasteiger charge is 2.36. The van der Waals surface area contributed by atoms with E-state index in [1.807, 2.05) is 12.3 Å². The van der Waals surface area contributed by atoms with Crippen molar-refractivity contribution in [2.75, 3.05) is 37.7 Å². The van der Waals surface area contributed by atoms with Gasteiger partial charge in [-0.2, -0.15) is 4.98 Å². The lowest BCUT2D eigenvalue weighted by atomic mass is 10.1. The molecule has 0 spiro atoms. The summed E-state index contributed by atoms with van der Waals surface area (Å²) in [6, 6.07) is 4.88. The van der Waals surface area contributed by atoms with Gasteiger partial charge in [-0.1, -0.05) is 5.16 Å². The van der Waals surface area contributed by atoms with Crippen molar-refractivity contribution in [3.63, 3.8) is 0 Å². The number of rotatable bonds is 4. The van der Waals surface area contributed by atoms with Gasteiger partial charge in [-0.05, 0) is 57.2 Å². The number of aromatic nitrogens is 3. The molecule has 3 saturated heterocycles. The van der Waals surface area contributed by atoms with Crippen molar-refractivity contribution in [1.82, 2.24) is 20.0 Å². The van der Waals surface area contributed by atoms with Gasteiger partial charge < -0.3 is 14.2 Å². The summed E-state index contributed by atoms with van der Waals surface area (Å²) >= 11 is 0. The van der Waals surface area contributed by atoms with Crippen molar-refractivity contribution in [2.45, 2.75) is 50.6 Å². The van der Waals surface area contributed by atoms with Gasteiger partial charge in [0.05, 0.1) is 6.04 Å². The molecule has 2 aromatic heterocycles. The molecule has 0 unspecified atom stereocenters. The summed E-state index contributed by atoms with van der Waals surface area (Å²) in [7, 11) is 0. The number of pyridine rings is 1. The lowest BCUT2D eigenvalue weighted by molar-refractivity contribution is 0.0243. The molecule has 0 radical (unpaired) electrons. The first-order chi connectivity index (χ1) is 13.4. The van der Waals surface area contributed by atoms with Crippen molar-refractivity contribution in [1.29, 1.82) is 0 Å². The molecule has 0 bridgehead atoms. The second kappa shape index (κ2) is 7.56. The Bertz CT molecular complexity index is 767. The van der Waals surface area contributed by atoms with E-state index in [0.717, 1.165) is 69.4 Å². The van der Waals surface area contributed by atoms with Gasteiger partial charge >= 0.3 is 0 Å². The van der Waals surface area contributed by atoms with E-state index in [0.29, 0.717) is 11.9 Å². The summed E-state index contributed by atoms with van der Waals surface area (Å²) in [5.41, 5.74) is 0.984. The highest BCUT2D eigenvalue weighted by atomic mass is 16.5. The monoisotopic (exact) mass is 369 g/mol. The molecule has 7 heteroatoms. The predicted molar refractivity (Wildman–Crippen MR) is 101 cm³/mol. The highest BCUT2D eigenvalue weighted by Crippen LogP contribution is 2.36. The maximum atomic E-state index is 5.72. The van der Waals surface area contributed by atoms with Gasteiger partial charge in [0.25, 0.3) is 0 Å². The van der Waals surface area contributed by atoms with Crippen molar-refractivity contribution < 1.29 is 9.26 Å². The lowest BCUT2D eigenvalue weighted by Gasteiger charge is -2.33. The Balaban J connectivity index is 1.35. The molecule has 0 aliphatic carbocycles. The van der Waals surface area contributed by atoms with Gasteiger partial charge in [0.15, 0.2) is 0 Å². The molecule has 144 valence electrons. The standard InChI is InChI=1S/C20H27N5O2/c1-2-10-24(9-1)18-14-15(5-8-21-18)19-22-20(27-23-19)17-4-3-11-25(17)16-6-12-26-13-7-16/h5,8,14,16-17H,1-4,6-7,9-13H2/t17-/m0/s1. The summed E-state index contributed by atoms with van der Waals surface area (Å²) in [6.07, 6.45) is 8.80. The normalized spacial score (nSPS) is 24.7. The average Bonchev–Trinajstić information content (AvgIpc) is 3.50. The van der Waals surface area contributed by atoms with Crippen LogP contribution < -0.4 is 4.90 Å². The second-order valence-corrected chi connectivity index (χ2v) is 7.79. The van der Waals surface area contributed by atoms with Crippen molar-refractivity contribution >= 4 is 5.82 Å². The number of ether oxygens (including phenoxy) is 1. The third-order valence-corrected chi connectivity index (χ3v) is 6.11. The molecule has 5 rings (SSSR count). The van der Waals surface area contributed by atoms with Gasteiger partial charge in [0, 0.05) is 44.1 Å². The Labute approximate surface area is 159 Å². The summed E-state index contributed by atoms with van der Waals surface area (Å²) in [5, 5.41) is 4.29. The first kappa shape index (κ1) is 17.1. The van der Waals surface area contributed by atoms with Crippen LogP contribution in [-0.4, -0.2) is 58.9 Å². The Hall–Kier alpha value is -1.99. The molecule has 5 heterocycles. The van der Waals surface area contributed by atoms with E-state index < -0.39 is 0 Å². The Morgan fingerprint density at radius 1 is 1.00 bits per heavy atom. The van der Waals surface area contributed by atoms with E-state index in [9.17, 15) is 0 Å². The fourth-order valence-electron chi connectivity index (χ4n) is 4.67. The van der Waals surface area contributed by atoms with Gasteiger partial charge in [0.1, 0.15) is 5.82 Å². The SMILES string of the molecule is c1cc(-c2noc([C@@H]3CCCN3C3CCOCC3)n2)cc(N2CCCC2)n1. The fourth-order valence-corrected chi connectivity index (χ4v) is 4.67. The van der Waals surface area contributed by atoms with Crippen molar-refractivity contribution in [2.24, 2.45) is 0 Å². The van der Waals surface area contributed by atoms with Crippen LogP contribution in [-0.2, 0) is 4.74 Å². The van der Waals surface area contributed by atoms with Crippen molar-refractivity contribution in [3.8, 4) is 11.4 Å². The third-order valence-electron chi connectivity index (χ3n) is 6.11. The minimum absolute atomic E-state index is 0.245. The van der Waals surface area contributed by atoms with Crippen LogP contribution >= 0.6 is 0 Å². The summed E-state index contributed by atoms with van der Waals surface area (Å²) in [6.45, 7) is 4.99. The molecular formula is C20H27N5O2.